The van der Waals surface area contributed by atoms with Gasteiger partial charge in [-0.2, -0.15) is 0 Å². The number of carbonyl (C=O) groups is 4. The van der Waals surface area contributed by atoms with Crippen molar-refractivity contribution >= 4 is 68.1 Å². The minimum absolute atomic E-state index is 0.0682. The van der Waals surface area contributed by atoms with Crippen LogP contribution in [-0.2, 0) is 14.4 Å². The zero-order valence-electron chi connectivity index (χ0n) is 20.7. The second kappa shape index (κ2) is 12.7. The highest BCUT2D eigenvalue weighted by Gasteiger charge is 2.36. The molecule has 4 amide bonds. The zero-order valence-corrected chi connectivity index (χ0v) is 23.1. The second-order valence-electron chi connectivity index (χ2n) is 8.19. The number of nitrogens with one attached hydrogen (secondary N) is 2. The quantitative estimate of drug-likeness (QED) is 0.303. The topological polar surface area (TPSA) is 114 Å². The van der Waals surface area contributed by atoms with Crippen LogP contribution in [0.5, 0.6) is 11.5 Å². The molecule has 4 rings (SSSR count). The number of anilines is 2. The third-order valence-electron chi connectivity index (χ3n) is 5.34. The number of imide groups is 1. The van der Waals surface area contributed by atoms with Gasteiger partial charge in [0.25, 0.3) is 17.1 Å². The number of carbonyl (C=O) groups excluding carboxylic acids is 4. The van der Waals surface area contributed by atoms with Gasteiger partial charge in [0.2, 0.25) is 5.91 Å². The second-order valence-corrected chi connectivity index (χ2v) is 10.0. The molecular formula is C27H20BrF2N3O6S. The van der Waals surface area contributed by atoms with Crippen LogP contribution in [0.4, 0.5) is 25.0 Å². The maximum absolute atomic E-state index is 13.4. The zero-order chi connectivity index (χ0) is 28.8. The normalized spacial score (nSPS) is 13.9. The first kappa shape index (κ1) is 28.8. The highest BCUT2D eigenvalue weighted by molar-refractivity contribution is 9.10. The minimum Gasteiger partial charge on any atom is -0.493 e. The van der Waals surface area contributed by atoms with Gasteiger partial charge in [0.15, 0.2) is 18.1 Å². The van der Waals surface area contributed by atoms with Crippen molar-refractivity contribution in [3.05, 3.63) is 87.2 Å². The average molecular weight is 632 g/mol. The van der Waals surface area contributed by atoms with E-state index in [1.54, 1.807) is 6.07 Å². The summed E-state index contributed by atoms with van der Waals surface area (Å²) in [6.45, 7) is -0.911. The average Bonchev–Trinajstić information content (AvgIpc) is 3.17. The maximum atomic E-state index is 13.4. The Morgan fingerprint density at radius 1 is 0.950 bits per heavy atom. The summed E-state index contributed by atoms with van der Waals surface area (Å²) in [5.41, 5.74) is 1.06. The molecule has 1 saturated heterocycles. The Morgan fingerprint density at radius 2 is 1.68 bits per heavy atom. The molecule has 0 spiro atoms. The highest BCUT2D eigenvalue weighted by atomic mass is 79.9. The Hall–Kier alpha value is -4.23. The molecule has 1 aliphatic heterocycles. The van der Waals surface area contributed by atoms with Gasteiger partial charge in [0.05, 0.1) is 12.0 Å². The van der Waals surface area contributed by atoms with Crippen molar-refractivity contribution in [1.29, 1.82) is 0 Å². The third-order valence-corrected chi connectivity index (χ3v) is 6.93. The molecule has 9 nitrogen and oxygen atoms in total. The van der Waals surface area contributed by atoms with Gasteiger partial charge < -0.3 is 20.1 Å². The first-order valence-corrected chi connectivity index (χ1v) is 13.1. The summed E-state index contributed by atoms with van der Waals surface area (Å²) in [5, 5.41) is 4.39. The Bertz CT molecular complexity index is 1520. The molecule has 1 aliphatic rings. The molecule has 2 N–H and O–H groups in total. The molecule has 3 aromatic carbocycles. The summed E-state index contributed by atoms with van der Waals surface area (Å²) in [5.74, 6) is -2.32. The molecule has 0 aliphatic carbocycles. The van der Waals surface area contributed by atoms with Gasteiger partial charge in [-0.25, -0.2) is 8.78 Å². The van der Waals surface area contributed by atoms with E-state index in [-0.39, 0.29) is 28.7 Å². The van der Waals surface area contributed by atoms with Gasteiger partial charge in [-0.3, -0.25) is 24.1 Å². The molecule has 0 saturated carbocycles. The van der Waals surface area contributed by atoms with Crippen LogP contribution in [0.2, 0.25) is 0 Å². The molecule has 0 unspecified atom stereocenters. The number of nitrogens with zero attached hydrogens (tertiary/aromatic N) is 1. The van der Waals surface area contributed by atoms with Crippen molar-refractivity contribution < 1.29 is 37.4 Å². The lowest BCUT2D eigenvalue weighted by molar-refractivity contribution is -0.127. The Kier molecular flexibility index (Phi) is 9.17. The first-order valence-electron chi connectivity index (χ1n) is 11.5. The summed E-state index contributed by atoms with van der Waals surface area (Å²) in [7, 11) is 1.39. The Balaban J connectivity index is 1.42. The fraction of sp³-hybridized carbons (Fsp3) is 0.111. The Morgan fingerprint density at radius 3 is 2.38 bits per heavy atom. The van der Waals surface area contributed by atoms with E-state index < -0.39 is 41.1 Å². The molecule has 0 aromatic heterocycles. The van der Waals surface area contributed by atoms with Crippen LogP contribution in [-0.4, -0.2) is 48.1 Å². The van der Waals surface area contributed by atoms with Gasteiger partial charge in [-0.15, -0.1) is 0 Å². The van der Waals surface area contributed by atoms with E-state index in [0.717, 1.165) is 11.0 Å². The number of rotatable bonds is 9. The van der Waals surface area contributed by atoms with E-state index in [9.17, 15) is 28.0 Å². The van der Waals surface area contributed by atoms with Crippen molar-refractivity contribution in [2.75, 3.05) is 30.9 Å². The number of ether oxygens (including phenoxy) is 2. The molecule has 0 atom stereocenters. The smallest absolute Gasteiger partial charge is 0.294 e. The molecule has 1 heterocycles. The number of hydrogen-bond acceptors (Lipinski definition) is 7. The van der Waals surface area contributed by atoms with Crippen LogP contribution in [0.25, 0.3) is 6.08 Å². The number of benzene rings is 3. The molecule has 206 valence electrons. The van der Waals surface area contributed by atoms with E-state index in [1.165, 1.54) is 61.7 Å². The lowest BCUT2D eigenvalue weighted by Crippen LogP contribution is -2.36. The number of amides is 4. The summed E-state index contributed by atoms with van der Waals surface area (Å²) in [6.07, 6.45) is 1.45. The molecular weight excluding hydrogens is 612 g/mol. The van der Waals surface area contributed by atoms with E-state index in [1.807, 2.05) is 0 Å². The van der Waals surface area contributed by atoms with E-state index in [0.29, 0.717) is 27.5 Å². The van der Waals surface area contributed by atoms with E-state index in [4.69, 9.17) is 9.47 Å². The standard InChI is InChI=1S/C27H20BrF2N3O6S/c1-38-21-9-15(20(28)12-22(21)39-14-25(35)31-18-7-5-16(29)6-8-18)10-23-26(36)33(27(37)40-23)13-24(34)32-19-4-2-3-17(30)11-19/h2-12H,13-14H2,1H3,(H,31,35)(H,32,34)/b23-10+. The first-order chi connectivity index (χ1) is 19.1. The van der Waals surface area contributed by atoms with Gasteiger partial charge in [-0.1, -0.05) is 22.0 Å². The van der Waals surface area contributed by atoms with Gasteiger partial charge in [0.1, 0.15) is 18.2 Å². The van der Waals surface area contributed by atoms with Crippen molar-refractivity contribution in [1.82, 2.24) is 4.90 Å². The van der Waals surface area contributed by atoms with Crippen LogP contribution in [0, 0.1) is 11.6 Å². The molecule has 1 fully saturated rings. The summed E-state index contributed by atoms with van der Waals surface area (Å²) in [6, 6.07) is 13.6. The molecule has 40 heavy (non-hydrogen) atoms. The number of hydrogen-bond donors (Lipinski definition) is 2. The summed E-state index contributed by atoms with van der Waals surface area (Å²) in [4.78, 5) is 50.8. The van der Waals surface area contributed by atoms with Gasteiger partial charge in [0, 0.05) is 15.8 Å². The third kappa shape index (κ3) is 7.24. The van der Waals surface area contributed by atoms with Gasteiger partial charge >= 0.3 is 0 Å². The molecule has 0 radical (unpaired) electrons. The Labute approximate surface area is 239 Å². The lowest BCUT2D eigenvalue weighted by atomic mass is 10.2. The van der Waals surface area contributed by atoms with Crippen LogP contribution in [0.3, 0.4) is 0 Å². The maximum Gasteiger partial charge on any atom is 0.294 e. The number of thioether (sulfide) groups is 1. The van der Waals surface area contributed by atoms with Crippen molar-refractivity contribution in [3.8, 4) is 11.5 Å². The summed E-state index contributed by atoms with van der Waals surface area (Å²) < 4.78 is 37.8. The molecule has 0 bridgehead atoms. The van der Waals surface area contributed by atoms with Crippen molar-refractivity contribution in [3.63, 3.8) is 0 Å². The molecule has 3 aromatic rings. The lowest BCUT2D eigenvalue weighted by Gasteiger charge is -2.13. The fourth-order valence-electron chi connectivity index (χ4n) is 3.50. The minimum atomic E-state index is -0.673. The fourth-order valence-corrected chi connectivity index (χ4v) is 4.76. The van der Waals surface area contributed by atoms with Crippen LogP contribution in [0.15, 0.2) is 70.0 Å². The summed E-state index contributed by atoms with van der Waals surface area (Å²) >= 11 is 4.05. The SMILES string of the molecule is COc1cc(/C=C2/SC(=O)N(CC(=O)Nc3cccc(F)c3)C2=O)c(Br)cc1OCC(=O)Nc1ccc(F)cc1. The number of methoxy groups -OCH3 is 1. The van der Waals surface area contributed by atoms with Crippen LogP contribution in [0.1, 0.15) is 5.56 Å². The van der Waals surface area contributed by atoms with E-state index in [2.05, 4.69) is 26.6 Å². The monoisotopic (exact) mass is 631 g/mol. The number of halogens is 3. The van der Waals surface area contributed by atoms with Crippen molar-refractivity contribution in [2.45, 2.75) is 0 Å². The van der Waals surface area contributed by atoms with Crippen LogP contribution < -0.4 is 20.1 Å². The van der Waals surface area contributed by atoms with E-state index >= 15 is 0 Å². The highest BCUT2D eigenvalue weighted by Crippen LogP contribution is 2.38. The predicted molar refractivity (Wildman–Crippen MR) is 149 cm³/mol. The van der Waals surface area contributed by atoms with Crippen molar-refractivity contribution in [2.24, 2.45) is 0 Å². The van der Waals surface area contributed by atoms with Gasteiger partial charge in [-0.05, 0) is 78.0 Å². The predicted octanol–water partition coefficient (Wildman–Crippen LogP) is 5.43. The van der Waals surface area contributed by atoms with Crippen LogP contribution >= 0.6 is 27.7 Å². The largest absolute Gasteiger partial charge is 0.493 e. The molecule has 13 heteroatoms.